The molecule has 0 saturated carbocycles. The number of aromatic nitrogens is 2. The van der Waals surface area contributed by atoms with Crippen LogP contribution in [0.4, 0.5) is 5.95 Å². The largest absolute Gasteiger partial charge is 0.498 e. The van der Waals surface area contributed by atoms with Gasteiger partial charge in [0.1, 0.15) is 11.7 Å². The fourth-order valence-electron chi connectivity index (χ4n) is 3.61. The molecule has 0 aliphatic carbocycles. The predicted octanol–water partition coefficient (Wildman–Crippen LogP) is 2.63. The van der Waals surface area contributed by atoms with Crippen LogP contribution in [0.5, 0.6) is 0 Å². The highest BCUT2D eigenvalue weighted by Crippen LogP contribution is 2.43. The molecule has 1 aliphatic heterocycles. The number of esters is 1. The summed E-state index contributed by atoms with van der Waals surface area (Å²) in [5.74, 6) is 0.354. The number of hydrogen-bond acceptors (Lipinski definition) is 9. The zero-order valence-electron chi connectivity index (χ0n) is 18.8. The van der Waals surface area contributed by atoms with E-state index >= 15 is 0 Å². The maximum Gasteiger partial charge on any atom is 0.336 e. The first-order valence-corrected chi connectivity index (χ1v) is 11.1. The molecule has 2 aromatic rings. The number of hydrogen-bond donors (Lipinski definition) is 3. The number of H-pyrrole nitrogens is 1. The molecule has 0 saturated heterocycles. The van der Waals surface area contributed by atoms with Crippen LogP contribution in [-0.2, 0) is 30.4 Å². The van der Waals surface area contributed by atoms with Crippen LogP contribution in [0.3, 0.4) is 0 Å². The Morgan fingerprint density at radius 3 is 2.74 bits per heavy atom. The van der Waals surface area contributed by atoms with Gasteiger partial charge in [0.25, 0.3) is 5.56 Å². The van der Waals surface area contributed by atoms with Gasteiger partial charge in [-0.15, -0.1) is 0 Å². The third-order valence-electron chi connectivity index (χ3n) is 4.95. The number of dihydropyridines is 1. The third-order valence-corrected chi connectivity index (χ3v) is 5.78. The van der Waals surface area contributed by atoms with Crippen molar-refractivity contribution in [3.8, 4) is 0 Å². The number of methoxy groups -OCH3 is 1. The molecule has 0 spiro atoms. The number of allylic oxidation sites excluding steroid dienone is 2. The summed E-state index contributed by atoms with van der Waals surface area (Å²) in [6.07, 6.45) is 1.13. The van der Waals surface area contributed by atoms with E-state index in [2.05, 4.69) is 15.3 Å². The van der Waals surface area contributed by atoms with Gasteiger partial charge in [-0.3, -0.25) is 9.78 Å². The number of carbonyl (C=O) groups excluding carboxylic acids is 2. The van der Waals surface area contributed by atoms with Gasteiger partial charge in [-0.05, 0) is 18.6 Å². The summed E-state index contributed by atoms with van der Waals surface area (Å²) in [6, 6.07) is 6.21. The second-order valence-electron chi connectivity index (χ2n) is 7.17. The molecular formula is C23H22Cl2N4O6. The molecule has 12 heteroatoms. The Kier molecular flexibility index (Phi) is 8.73. The molecule has 1 aromatic heterocycles. The van der Waals surface area contributed by atoms with Crippen LogP contribution in [-0.4, -0.2) is 42.2 Å². The maximum absolute atomic E-state index is 13.1. The fraction of sp³-hybridized carbons (Fsp3) is 0.261. The quantitative estimate of drug-likeness (QED) is 0.335. The van der Waals surface area contributed by atoms with Gasteiger partial charge in [0.2, 0.25) is 5.95 Å². The molecule has 35 heavy (non-hydrogen) atoms. The van der Waals surface area contributed by atoms with Crippen molar-refractivity contribution in [2.24, 2.45) is 0 Å². The molecule has 0 amide bonds. The van der Waals surface area contributed by atoms with Crippen molar-refractivity contribution in [3.05, 3.63) is 84.7 Å². The number of benzene rings is 1. The van der Waals surface area contributed by atoms with Crippen molar-refractivity contribution >= 4 is 41.1 Å². The van der Waals surface area contributed by atoms with Crippen molar-refractivity contribution < 1.29 is 23.8 Å². The highest BCUT2D eigenvalue weighted by atomic mass is 35.5. The Morgan fingerprint density at radius 1 is 1.31 bits per heavy atom. The Morgan fingerprint density at radius 2 is 2.09 bits per heavy atom. The minimum Gasteiger partial charge on any atom is -0.498 e. The van der Waals surface area contributed by atoms with Gasteiger partial charge in [-0.1, -0.05) is 35.3 Å². The van der Waals surface area contributed by atoms with E-state index in [0.717, 1.165) is 6.08 Å². The summed E-state index contributed by atoms with van der Waals surface area (Å²) in [7, 11) is 1.40. The predicted molar refractivity (Wildman–Crippen MR) is 129 cm³/mol. The van der Waals surface area contributed by atoms with Gasteiger partial charge >= 0.3 is 5.97 Å². The van der Waals surface area contributed by atoms with Gasteiger partial charge in [-0.2, -0.15) is 0 Å². The number of ether oxygens (including phenoxy) is 3. The number of halogens is 2. The minimum atomic E-state index is -0.877. The summed E-state index contributed by atoms with van der Waals surface area (Å²) >= 11 is 12.8. The molecule has 1 aliphatic rings. The number of aromatic amines is 1. The first-order valence-electron chi connectivity index (χ1n) is 10.3. The van der Waals surface area contributed by atoms with Crippen LogP contribution >= 0.6 is 23.2 Å². The Bertz CT molecular complexity index is 1300. The average Bonchev–Trinajstić information content (AvgIpc) is 2.80. The Balaban J connectivity index is 2.10. The second-order valence-corrected chi connectivity index (χ2v) is 7.96. The average molecular weight is 521 g/mol. The normalized spacial score (nSPS) is 15.4. The fourth-order valence-corrected chi connectivity index (χ4v) is 4.03. The van der Waals surface area contributed by atoms with Crippen molar-refractivity contribution in [3.63, 3.8) is 0 Å². The van der Waals surface area contributed by atoms with E-state index in [0.29, 0.717) is 5.56 Å². The smallest absolute Gasteiger partial charge is 0.336 e. The molecule has 0 radical (unpaired) electrons. The molecule has 4 N–H and O–H groups in total. The highest BCUT2D eigenvalue weighted by Gasteiger charge is 2.38. The second kappa shape index (κ2) is 11.7. The van der Waals surface area contributed by atoms with Gasteiger partial charge < -0.3 is 25.3 Å². The molecule has 0 fully saturated rings. The summed E-state index contributed by atoms with van der Waals surface area (Å²) in [4.78, 5) is 42.4. The van der Waals surface area contributed by atoms with E-state index in [-0.39, 0.29) is 64.2 Å². The molecule has 0 bridgehead atoms. The van der Waals surface area contributed by atoms with Gasteiger partial charge in [0.15, 0.2) is 0 Å². The van der Waals surface area contributed by atoms with Crippen LogP contribution < -0.4 is 16.6 Å². The summed E-state index contributed by atoms with van der Waals surface area (Å²) in [5, 5.41) is 3.46. The van der Waals surface area contributed by atoms with Crippen molar-refractivity contribution in [2.75, 3.05) is 26.1 Å². The SMILES string of the molecule is CCOC(=O)C1=C(COCc2cc(=O)[nH]c(N)n2)NC(C=C=O)=C(OC)C1c1cccc(Cl)c1Cl. The Hall–Kier alpha value is -3.56. The molecular weight excluding hydrogens is 499 g/mol. The van der Waals surface area contributed by atoms with Gasteiger partial charge in [0.05, 0.1) is 65.6 Å². The van der Waals surface area contributed by atoms with Crippen LogP contribution in [0.25, 0.3) is 0 Å². The molecule has 1 unspecified atom stereocenters. The topological polar surface area (TPSA) is 146 Å². The Labute approximate surface area is 210 Å². The summed E-state index contributed by atoms with van der Waals surface area (Å²) in [6.45, 7) is 1.54. The standard InChI is InChI=1S/C23H22Cl2N4O6/c1-3-35-22(32)19-16(11-34-10-12-9-17(31)29-23(26)27-12)28-15(7-8-30)21(33-2)18(19)13-5-4-6-14(24)20(13)25/h4-7,9,18,28H,3,10-11H2,1-2H3,(H3,26,27,29,31). The number of nitrogens with zero attached hydrogens (tertiary/aromatic N) is 1. The number of nitrogens with two attached hydrogens (primary N) is 1. The number of nitrogen functional groups attached to an aromatic ring is 1. The zero-order chi connectivity index (χ0) is 25.5. The number of carbonyl (C=O) groups is 1. The van der Waals surface area contributed by atoms with E-state index in [1.807, 2.05) is 0 Å². The van der Waals surface area contributed by atoms with Crippen molar-refractivity contribution in [1.82, 2.24) is 15.3 Å². The molecule has 3 rings (SSSR count). The van der Waals surface area contributed by atoms with E-state index in [4.69, 9.17) is 43.1 Å². The van der Waals surface area contributed by atoms with Crippen molar-refractivity contribution in [2.45, 2.75) is 19.4 Å². The van der Waals surface area contributed by atoms with Crippen LogP contribution in [0.15, 0.2) is 57.9 Å². The lowest BCUT2D eigenvalue weighted by Crippen LogP contribution is -2.33. The highest BCUT2D eigenvalue weighted by molar-refractivity contribution is 6.42. The molecule has 1 atom stereocenters. The molecule has 2 heterocycles. The summed E-state index contributed by atoms with van der Waals surface area (Å²) in [5.41, 5.74) is 6.56. The van der Waals surface area contributed by atoms with Crippen LogP contribution in [0.2, 0.25) is 10.0 Å². The lowest BCUT2D eigenvalue weighted by atomic mass is 9.84. The third kappa shape index (κ3) is 5.93. The van der Waals surface area contributed by atoms with E-state index < -0.39 is 17.4 Å². The van der Waals surface area contributed by atoms with E-state index in [1.165, 1.54) is 13.2 Å². The molecule has 184 valence electrons. The zero-order valence-corrected chi connectivity index (χ0v) is 20.3. The lowest BCUT2D eigenvalue weighted by molar-refractivity contribution is -0.139. The molecule has 1 aromatic carbocycles. The number of nitrogens with one attached hydrogen (secondary N) is 2. The van der Waals surface area contributed by atoms with Crippen LogP contribution in [0, 0.1) is 0 Å². The monoisotopic (exact) mass is 520 g/mol. The lowest BCUT2D eigenvalue weighted by Gasteiger charge is -2.31. The van der Waals surface area contributed by atoms with E-state index in [9.17, 15) is 14.4 Å². The minimum absolute atomic E-state index is 0.0555. The van der Waals surface area contributed by atoms with Crippen LogP contribution in [0.1, 0.15) is 24.1 Å². The first-order chi connectivity index (χ1) is 16.8. The first kappa shape index (κ1) is 26.1. The molecule has 10 nitrogen and oxygen atoms in total. The summed E-state index contributed by atoms with van der Waals surface area (Å²) < 4.78 is 16.6. The van der Waals surface area contributed by atoms with Gasteiger partial charge in [0, 0.05) is 12.1 Å². The van der Waals surface area contributed by atoms with E-state index in [1.54, 1.807) is 31.1 Å². The van der Waals surface area contributed by atoms with Gasteiger partial charge in [-0.25, -0.2) is 14.6 Å². The maximum atomic E-state index is 13.1. The number of rotatable bonds is 9. The van der Waals surface area contributed by atoms with Crippen molar-refractivity contribution in [1.29, 1.82) is 0 Å². The number of anilines is 1.